The van der Waals surface area contributed by atoms with Crippen LogP contribution in [0.1, 0.15) is 6.42 Å². The first-order valence-electron chi connectivity index (χ1n) is 3.86. The standard InChI is InChI=1S/C7H12N2O/c10-7-6-4-8-2-1-5(6)3-9-7/h5-6,8H,1-4H2,(H,9,10). The maximum Gasteiger partial charge on any atom is 0.224 e. The molecule has 2 fully saturated rings. The van der Waals surface area contributed by atoms with E-state index in [-0.39, 0.29) is 11.8 Å². The van der Waals surface area contributed by atoms with Gasteiger partial charge in [-0.2, -0.15) is 0 Å². The fourth-order valence-electron chi connectivity index (χ4n) is 1.83. The van der Waals surface area contributed by atoms with Crippen molar-refractivity contribution in [1.29, 1.82) is 0 Å². The molecule has 3 heteroatoms. The third kappa shape index (κ3) is 0.814. The fraction of sp³-hybridized carbons (Fsp3) is 0.857. The Labute approximate surface area is 60.2 Å². The van der Waals surface area contributed by atoms with E-state index in [1.54, 1.807) is 0 Å². The number of hydrogen-bond acceptors (Lipinski definition) is 2. The molecule has 2 atom stereocenters. The van der Waals surface area contributed by atoms with Crippen molar-refractivity contribution in [2.75, 3.05) is 19.6 Å². The van der Waals surface area contributed by atoms with Gasteiger partial charge in [-0.3, -0.25) is 4.79 Å². The highest BCUT2D eigenvalue weighted by Gasteiger charge is 2.35. The summed E-state index contributed by atoms with van der Waals surface area (Å²) >= 11 is 0. The lowest BCUT2D eigenvalue weighted by molar-refractivity contribution is -0.123. The lowest BCUT2D eigenvalue weighted by Gasteiger charge is -2.22. The Morgan fingerprint density at radius 1 is 1.40 bits per heavy atom. The van der Waals surface area contributed by atoms with Gasteiger partial charge in [-0.15, -0.1) is 0 Å². The van der Waals surface area contributed by atoms with Crippen LogP contribution in [-0.2, 0) is 4.79 Å². The molecule has 0 radical (unpaired) electrons. The van der Waals surface area contributed by atoms with E-state index in [1.165, 1.54) is 0 Å². The Balaban J connectivity index is 2.08. The number of rotatable bonds is 0. The van der Waals surface area contributed by atoms with Crippen molar-refractivity contribution in [3.05, 3.63) is 0 Å². The summed E-state index contributed by atoms with van der Waals surface area (Å²) in [6.07, 6.45) is 1.16. The molecule has 2 aliphatic rings. The van der Waals surface area contributed by atoms with Crippen LogP contribution >= 0.6 is 0 Å². The maximum absolute atomic E-state index is 11.1. The molecule has 0 aromatic rings. The topological polar surface area (TPSA) is 41.1 Å². The predicted molar refractivity (Wildman–Crippen MR) is 37.5 cm³/mol. The van der Waals surface area contributed by atoms with Gasteiger partial charge in [-0.1, -0.05) is 0 Å². The Morgan fingerprint density at radius 2 is 2.30 bits per heavy atom. The molecule has 0 aromatic carbocycles. The van der Waals surface area contributed by atoms with E-state index in [4.69, 9.17) is 0 Å². The van der Waals surface area contributed by atoms with Crippen molar-refractivity contribution >= 4 is 5.91 Å². The zero-order chi connectivity index (χ0) is 6.97. The summed E-state index contributed by atoms with van der Waals surface area (Å²) in [6.45, 7) is 2.87. The molecule has 3 nitrogen and oxygen atoms in total. The van der Waals surface area contributed by atoms with Crippen molar-refractivity contribution in [1.82, 2.24) is 10.6 Å². The Hall–Kier alpha value is -0.570. The quantitative estimate of drug-likeness (QED) is 0.469. The molecule has 2 unspecified atom stereocenters. The number of piperidine rings is 1. The van der Waals surface area contributed by atoms with E-state index in [1.807, 2.05) is 0 Å². The van der Waals surface area contributed by atoms with Crippen LogP contribution in [0.4, 0.5) is 0 Å². The number of carbonyl (C=O) groups excluding carboxylic acids is 1. The van der Waals surface area contributed by atoms with E-state index >= 15 is 0 Å². The summed E-state index contributed by atoms with van der Waals surface area (Å²) in [7, 11) is 0. The van der Waals surface area contributed by atoms with Gasteiger partial charge in [0.15, 0.2) is 0 Å². The van der Waals surface area contributed by atoms with E-state index in [0.29, 0.717) is 5.92 Å². The molecule has 2 aliphatic heterocycles. The summed E-state index contributed by atoms with van der Waals surface area (Å²) in [5.74, 6) is 1.14. The van der Waals surface area contributed by atoms with Gasteiger partial charge in [0.25, 0.3) is 0 Å². The van der Waals surface area contributed by atoms with Gasteiger partial charge in [0, 0.05) is 13.1 Å². The largest absolute Gasteiger partial charge is 0.356 e. The molecule has 0 aromatic heterocycles. The van der Waals surface area contributed by atoms with E-state index in [9.17, 15) is 4.79 Å². The minimum Gasteiger partial charge on any atom is -0.356 e. The van der Waals surface area contributed by atoms with Gasteiger partial charge in [-0.25, -0.2) is 0 Å². The summed E-state index contributed by atoms with van der Waals surface area (Å²) in [5, 5.41) is 6.11. The first-order valence-corrected chi connectivity index (χ1v) is 3.86. The van der Waals surface area contributed by atoms with Gasteiger partial charge < -0.3 is 10.6 Å². The van der Waals surface area contributed by atoms with Crippen LogP contribution < -0.4 is 10.6 Å². The van der Waals surface area contributed by atoms with Crippen molar-refractivity contribution in [2.45, 2.75) is 6.42 Å². The normalized spacial score (nSPS) is 39.0. The fourth-order valence-corrected chi connectivity index (χ4v) is 1.83. The molecule has 10 heavy (non-hydrogen) atoms. The van der Waals surface area contributed by atoms with Crippen molar-refractivity contribution in [3.63, 3.8) is 0 Å². The van der Waals surface area contributed by atoms with E-state index in [2.05, 4.69) is 10.6 Å². The van der Waals surface area contributed by atoms with Crippen LogP contribution in [0, 0.1) is 11.8 Å². The third-order valence-corrected chi connectivity index (χ3v) is 2.50. The smallest absolute Gasteiger partial charge is 0.224 e. The highest BCUT2D eigenvalue weighted by Crippen LogP contribution is 2.22. The Kier molecular flexibility index (Phi) is 1.38. The summed E-state index contributed by atoms with van der Waals surface area (Å²) < 4.78 is 0. The number of amides is 1. The molecule has 56 valence electrons. The van der Waals surface area contributed by atoms with Crippen molar-refractivity contribution < 1.29 is 4.79 Å². The SMILES string of the molecule is O=C1NCC2CCNCC12. The highest BCUT2D eigenvalue weighted by molar-refractivity contribution is 5.81. The second-order valence-corrected chi connectivity index (χ2v) is 3.10. The zero-order valence-electron chi connectivity index (χ0n) is 5.89. The summed E-state index contributed by atoms with van der Waals surface area (Å²) in [4.78, 5) is 11.1. The molecular weight excluding hydrogens is 128 g/mol. The monoisotopic (exact) mass is 140 g/mol. The first kappa shape index (κ1) is 6.16. The number of nitrogens with one attached hydrogen (secondary N) is 2. The average Bonchev–Trinajstić information content (AvgIpc) is 2.34. The molecule has 0 saturated carbocycles. The second-order valence-electron chi connectivity index (χ2n) is 3.10. The maximum atomic E-state index is 11.1. The lowest BCUT2D eigenvalue weighted by atomic mass is 9.89. The first-order chi connectivity index (χ1) is 4.88. The van der Waals surface area contributed by atoms with Crippen LogP contribution in [0.15, 0.2) is 0 Å². The van der Waals surface area contributed by atoms with Crippen molar-refractivity contribution in [3.8, 4) is 0 Å². The van der Waals surface area contributed by atoms with Crippen LogP contribution in [-0.4, -0.2) is 25.5 Å². The van der Waals surface area contributed by atoms with Crippen LogP contribution in [0.2, 0.25) is 0 Å². The molecule has 0 aliphatic carbocycles. The van der Waals surface area contributed by atoms with Gasteiger partial charge in [0.2, 0.25) is 5.91 Å². The Bertz CT molecular complexity index is 158. The summed E-state index contributed by atoms with van der Waals surface area (Å²) in [6, 6.07) is 0. The predicted octanol–water partition coefficient (Wildman–Crippen LogP) is -0.658. The molecule has 1 amide bonds. The van der Waals surface area contributed by atoms with Crippen LogP contribution in [0.25, 0.3) is 0 Å². The zero-order valence-corrected chi connectivity index (χ0v) is 5.89. The molecular formula is C7H12N2O. The lowest BCUT2D eigenvalue weighted by Crippen LogP contribution is -2.37. The van der Waals surface area contributed by atoms with Gasteiger partial charge in [0.05, 0.1) is 5.92 Å². The Morgan fingerprint density at radius 3 is 3.10 bits per heavy atom. The van der Waals surface area contributed by atoms with Gasteiger partial charge >= 0.3 is 0 Å². The van der Waals surface area contributed by atoms with Crippen molar-refractivity contribution in [2.24, 2.45) is 11.8 Å². The molecule has 2 rings (SSSR count). The van der Waals surface area contributed by atoms with Crippen LogP contribution in [0.3, 0.4) is 0 Å². The minimum atomic E-state index is 0.247. The third-order valence-electron chi connectivity index (χ3n) is 2.50. The molecule has 2 heterocycles. The molecule has 0 spiro atoms. The number of fused-ring (bicyclic) bond motifs is 1. The number of carbonyl (C=O) groups is 1. The molecule has 2 saturated heterocycles. The molecule has 2 N–H and O–H groups in total. The van der Waals surface area contributed by atoms with E-state index in [0.717, 1.165) is 26.1 Å². The van der Waals surface area contributed by atoms with Crippen LogP contribution in [0.5, 0.6) is 0 Å². The van der Waals surface area contributed by atoms with Gasteiger partial charge in [0.1, 0.15) is 0 Å². The second kappa shape index (κ2) is 2.23. The average molecular weight is 140 g/mol. The van der Waals surface area contributed by atoms with Gasteiger partial charge in [-0.05, 0) is 18.9 Å². The summed E-state index contributed by atoms with van der Waals surface area (Å²) in [5.41, 5.74) is 0. The minimum absolute atomic E-state index is 0.247. The number of hydrogen-bond donors (Lipinski definition) is 2. The highest BCUT2D eigenvalue weighted by atomic mass is 16.2. The molecule has 0 bridgehead atoms. The van der Waals surface area contributed by atoms with E-state index < -0.39 is 0 Å².